The minimum absolute atomic E-state index is 0.126. The zero-order chi connectivity index (χ0) is 19.7. The average Bonchev–Trinajstić information content (AvgIpc) is 2.70. The molecule has 28 heavy (non-hydrogen) atoms. The summed E-state index contributed by atoms with van der Waals surface area (Å²) in [6, 6.07) is 22.0. The van der Waals surface area contributed by atoms with Gasteiger partial charge in [-0.2, -0.15) is 0 Å². The summed E-state index contributed by atoms with van der Waals surface area (Å²) in [4.78, 5) is 18.8. The molecule has 0 atom stereocenters. The lowest BCUT2D eigenvalue weighted by molar-refractivity contribution is 0.248. The molecule has 0 radical (unpaired) electrons. The molecule has 1 aliphatic rings. The minimum Gasteiger partial charge on any atom is -0.335 e. The number of carbonyl (C=O) groups excluding carboxylic acids is 1. The molecule has 0 N–H and O–H groups in total. The molecule has 0 unspecified atom stereocenters. The van der Waals surface area contributed by atoms with E-state index in [1.807, 2.05) is 38.1 Å². The van der Waals surface area contributed by atoms with E-state index in [-0.39, 0.29) is 11.8 Å². The predicted octanol–water partition coefficient (Wildman–Crippen LogP) is 5.31. The third-order valence-electron chi connectivity index (χ3n) is 4.97. The zero-order valence-electron chi connectivity index (χ0n) is 16.0. The van der Waals surface area contributed by atoms with E-state index < -0.39 is 0 Å². The van der Waals surface area contributed by atoms with E-state index in [1.165, 1.54) is 17.7 Å². The maximum Gasteiger partial charge on any atom is 0.331 e. The standard InChI is InChI=1S/C23H22FN3O/c1-17-3-9-20(10-4-17)25-15-26(21-11-5-18(2)6-12-21)23(28)27(16-25)22-13-7-19(24)8-14-22/h3-14H,15-16H2,1-2H3. The van der Waals surface area contributed by atoms with Gasteiger partial charge in [0.05, 0.1) is 0 Å². The second-order valence-corrected chi connectivity index (χ2v) is 7.11. The number of nitrogens with zero attached hydrogens (tertiary/aromatic N) is 3. The second-order valence-electron chi connectivity index (χ2n) is 7.11. The number of aryl methyl sites for hydroxylation is 2. The van der Waals surface area contributed by atoms with Crippen molar-refractivity contribution in [1.29, 1.82) is 0 Å². The first-order valence-electron chi connectivity index (χ1n) is 9.24. The van der Waals surface area contributed by atoms with Gasteiger partial charge in [0, 0.05) is 17.1 Å². The molecular formula is C23H22FN3O. The van der Waals surface area contributed by atoms with E-state index in [0.717, 1.165) is 16.9 Å². The quantitative estimate of drug-likeness (QED) is 0.620. The highest BCUT2D eigenvalue weighted by Crippen LogP contribution is 2.28. The SMILES string of the molecule is Cc1ccc(N2CN(c3ccc(C)cc3)C(=O)N(c3ccc(F)cc3)C2)cc1. The van der Waals surface area contributed by atoms with Gasteiger partial charge in [0.2, 0.25) is 0 Å². The van der Waals surface area contributed by atoms with Crippen LogP contribution in [0.25, 0.3) is 0 Å². The number of amides is 2. The van der Waals surface area contributed by atoms with Gasteiger partial charge in [-0.25, -0.2) is 9.18 Å². The van der Waals surface area contributed by atoms with Crippen LogP contribution in [-0.2, 0) is 0 Å². The molecule has 3 aromatic carbocycles. The zero-order valence-corrected chi connectivity index (χ0v) is 16.0. The van der Waals surface area contributed by atoms with E-state index in [0.29, 0.717) is 19.0 Å². The third kappa shape index (κ3) is 3.56. The number of halogens is 1. The van der Waals surface area contributed by atoms with Crippen LogP contribution >= 0.6 is 0 Å². The molecule has 2 amide bonds. The Morgan fingerprint density at radius 3 is 1.50 bits per heavy atom. The van der Waals surface area contributed by atoms with Crippen LogP contribution in [0.5, 0.6) is 0 Å². The maximum absolute atomic E-state index is 13.4. The van der Waals surface area contributed by atoms with Crippen LogP contribution in [0.1, 0.15) is 11.1 Å². The molecular weight excluding hydrogens is 353 g/mol. The lowest BCUT2D eigenvalue weighted by atomic mass is 10.2. The Bertz CT molecular complexity index is 911. The largest absolute Gasteiger partial charge is 0.335 e. The number of urea groups is 1. The van der Waals surface area contributed by atoms with Crippen LogP contribution < -0.4 is 14.7 Å². The lowest BCUT2D eigenvalue weighted by Crippen LogP contribution is -2.59. The Kier molecular flexibility index (Phi) is 4.74. The first-order valence-corrected chi connectivity index (χ1v) is 9.24. The molecule has 3 aromatic rings. The molecule has 1 saturated heterocycles. The smallest absolute Gasteiger partial charge is 0.331 e. The van der Waals surface area contributed by atoms with Gasteiger partial charge in [0.1, 0.15) is 19.2 Å². The van der Waals surface area contributed by atoms with Gasteiger partial charge in [0.25, 0.3) is 0 Å². The summed E-state index contributed by atoms with van der Waals surface area (Å²) in [6.45, 7) is 4.91. The molecule has 0 aromatic heterocycles. The van der Waals surface area contributed by atoms with Gasteiger partial charge >= 0.3 is 6.03 Å². The van der Waals surface area contributed by atoms with Crippen LogP contribution in [-0.4, -0.2) is 19.4 Å². The predicted molar refractivity (Wildman–Crippen MR) is 111 cm³/mol. The number of carbonyl (C=O) groups is 1. The van der Waals surface area contributed by atoms with Crippen LogP contribution in [0.3, 0.4) is 0 Å². The van der Waals surface area contributed by atoms with Gasteiger partial charge < -0.3 is 4.90 Å². The van der Waals surface area contributed by atoms with E-state index in [9.17, 15) is 9.18 Å². The lowest BCUT2D eigenvalue weighted by Gasteiger charge is -2.43. The molecule has 4 nitrogen and oxygen atoms in total. The summed E-state index contributed by atoms with van der Waals surface area (Å²) < 4.78 is 13.4. The van der Waals surface area contributed by atoms with Gasteiger partial charge in [-0.3, -0.25) is 9.80 Å². The van der Waals surface area contributed by atoms with Crippen LogP contribution in [0.15, 0.2) is 72.8 Å². The number of benzene rings is 3. The fourth-order valence-corrected chi connectivity index (χ4v) is 3.30. The van der Waals surface area contributed by atoms with Crippen molar-refractivity contribution in [2.24, 2.45) is 0 Å². The molecule has 142 valence electrons. The summed E-state index contributed by atoms with van der Waals surface area (Å²) >= 11 is 0. The third-order valence-corrected chi connectivity index (χ3v) is 4.97. The van der Waals surface area contributed by atoms with Crippen molar-refractivity contribution >= 4 is 23.1 Å². The molecule has 5 heteroatoms. The number of anilines is 3. The maximum atomic E-state index is 13.4. The second kappa shape index (κ2) is 7.35. The van der Waals surface area contributed by atoms with Crippen LogP contribution in [0, 0.1) is 19.7 Å². The molecule has 0 aliphatic carbocycles. The van der Waals surface area contributed by atoms with Gasteiger partial charge in [-0.15, -0.1) is 0 Å². The molecule has 0 saturated carbocycles. The average molecular weight is 375 g/mol. The molecule has 4 rings (SSSR count). The van der Waals surface area contributed by atoms with Crippen molar-refractivity contribution < 1.29 is 9.18 Å². The van der Waals surface area contributed by atoms with E-state index in [2.05, 4.69) is 29.2 Å². The topological polar surface area (TPSA) is 26.8 Å². The number of hydrogen-bond acceptors (Lipinski definition) is 2. The summed E-state index contributed by atoms with van der Waals surface area (Å²) in [6.07, 6.45) is 0. The first kappa shape index (κ1) is 18.0. The molecule has 0 bridgehead atoms. The first-order chi connectivity index (χ1) is 13.5. The Balaban J connectivity index is 1.72. The molecule has 1 heterocycles. The normalized spacial score (nSPS) is 14.5. The molecule has 0 spiro atoms. The van der Waals surface area contributed by atoms with E-state index in [1.54, 1.807) is 21.9 Å². The van der Waals surface area contributed by atoms with Crippen molar-refractivity contribution in [2.75, 3.05) is 28.0 Å². The monoisotopic (exact) mass is 375 g/mol. The highest BCUT2D eigenvalue weighted by molar-refractivity contribution is 6.05. The fraction of sp³-hybridized carbons (Fsp3) is 0.174. The minimum atomic E-state index is -0.320. The molecule has 1 fully saturated rings. The Morgan fingerprint density at radius 2 is 1.04 bits per heavy atom. The van der Waals surface area contributed by atoms with Gasteiger partial charge in [0.15, 0.2) is 0 Å². The van der Waals surface area contributed by atoms with Crippen molar-refractivity contribution in [2.45, 2.75) is 13.8 Å². The Morgan fingerprint density at radius 1 is 0.643 bits per heavy atom. The fourth-order valence-electron chi connectivity index (χ4n) is 3.30. The number of hydrogen-bond donors (Lipinski definition) is 0. The summed E-state index contributed by atoms with van der Waals surface area (Å²) in [7, 11) is 0. The van der Waals surface area contributed by atoms with Gasteiger partial charge in [-0.1, -0.05) is 35.4 Å². The Labute approximate surface area is 164 Å². The summed E-state index contributed by atoms with van der Waals surface area (Å²) in [5.41, 5.74) is 4.85. The number of rotatable bonds is 3. The van der Waals surface area contributed by atoms with Crippen molar-refractivity contribution in [3.63, 3.8) is 0 Å². The van der Waals surface area contributed by atoms with Crippen molar-refractivity contribution in [3.05, 3.63) is 89.7 Å². The molecule has 1 aliphatic heterocycles. The summed E-state index contributed by atoms with van der Waals surface area (Å²) in [5, 5.41) is 0. The van der Waals surface area contributed by atoms with Crippen molar-refractivity contribution in [1.82, 2.24) is 0 Å². The van der Waals surface area contributed by atoms with Crippen LogP contribution in [0.4, 0.5) is 26.2 Å². The van der Waals surface area contributed by atoms with E-state index >= 15 is 0 Å². The van der Waals surface area contributed by atoms with Crippen LogP contribution in [0.2, 0.25) is 0 Å². The van der Waals surface area contributed by atoms with E-state index in [4.69, 9.17) is 0 Å². The highest BCUT2D eigenvalue weighted by atomic mass is 19.1. The van der Waals surface area contributed by atoms with Crippen molar-refractivity contribution in [3.8, 4) is 0 Å². The Hall–Kier alpha value is -3.34. The van der Waals surface area contributed by atoms with Gasteiger partial charge in [-0.05, 0) is 62.4 Å². The highest BCUT2D eigenvalue weighted by Gasteiger charge is 2.32. The summed E-state index contributed by atoms with van der Waals surface area (Å²) in [5.74, 6) is -0.320.